The Balaban J connectivity index is 2.72. The van der Waals surface area contributed by atoms with Crippen molar-refractivity contribution in [1.29, 1.82) is 0 Å². The van der Waals surface area contributed by atoms with E-state index in [1.165, 1.54) is 17.2 Å². The average Bonchev–Trinajstić information content (AvgIpc) is 1.89. The van der Waals surface area contributed by atoms with Crippen molar-refractivity contribution in [3.05, 3.63) is 0 Å². The van der Waals surface area contributed by atoms with Gasteiger partial charge in [0.1, 0.15) is 0 Å². The van der Waals surface area contributed by atoms with Crippen LogP contribution in [0.15, 0.2) is 4.99 Å². The van der Waals surface area contributed by atoms with Crippen LogP contribution < -0.4 is 0 Å². The summed E-state index contributed by atoms with van der Waals surface area (Å²) in [6, 6.07) is 0. The topological polar surface area (TPSA) is 12.4 Å². The third-order valence-electron chi connectivity index (χ3n) is 1.88. The van der Waals surface area contributed by atoms with Gasteiger partial charge in [0.05, 0.1) is 10.6 Å². The molecule has 11 heavy (non-hydrogen) atoms. The predicted octanol–water partition coefficient (Wildman–Crippen LogP) is 2.96. The first-order chi connectivity index (χ1) is 4.99. The van der Waals surface area contributed by atoms with Crippen LogP contribution in [0, 0.1) is 5.92 Å². The molecule has 0 radical (unpaired) electrons. The minimum absolute atomic E-state index is 0.174. The van der Waals surface area contributed by atoms with Crippen LogP contribution in [0.3, 0.4) is 0 Å². The summed E-state index contributed by atoms with van der Waals surface area (Å²) in [4.78, 5) is 4.64. The van der Waals surface area contributed by atoms with Gasteiger partial charge in [-0.2, -0.15) is 0 Å². The van der Waals surface area contributed by atoms with Gasteiger partial charge in [-0.15, -0.1) is 11.8 Å². The van der Waals surface area contributed by atoms with Crippen molar-refractivity contribution in [2.45, 2.75) is 39.7 Å². The summed E-state index contributed by atoms with van der Waals surface area (Å²) in [5.74, 6) is 2.04. The van der Waals surface area contributed by atoms with Gasteiger partial charge in [0.2, 0.25) is 0 Å². The van der Waals surface area contributed by atoms with Crippen LogP contribution in [0.1, 0.15) is 34.1 Å². The molecule has 64 valence electrons. The molecule has 0 bridgehead atoms. The van der Waals surface area contributed by atoms with Crippen LogP contribution in [0.5, 0.6) is 0 Å². The number of aliphatic imine (C=N–C) groups is 1. The lowest BCUT2D eigenvalue weighted by atomic mass is 9.93. The van der Waals surface area contributed by atoms with Crippen molar-refractivity contribution in [3.8, 4) is 0 Å². The number of nitrogens with zero attached hydrogens (tertiary/aromatic N) is 1. The standard InChI is InChI=1S/C9H17NS/c1-7-5-9(3,4)10-8(2)11-6-7/h7H,5-6H2,1-4H3. The minimum Gasteiger partial charge on any atom is -0.277 e. The zero-order chi connectivity index (χ0) is 8.48. The molecule has 0 saturated carbocycles. The maximum atomic E-state index is 4.64. The molecule has 0 amide bonds. The van der Waals surface area contributed by atoms with Crippen molar-refractivity contribution in [2.24, 2.45) is 10.9 Å². The molecule has 2 heteroatoms. The smallest absolute Gasteiger partial charge is 0.0651 e. The second kappa shape index (κ2) is 3.18. The van der Waals surface area contributed by atoms with E-state index in [1.807, 2.05) is 11.8 Å². The monoisotopic (exact) mass is 171 g/mol. The Morgan fingerprint density at radius 3 is 2.82 bits per heavy atom. The van der Waals surface area contributed by atoms with E-state index >= 15 is 0 Å². The van der Waals surface area contributed by atoms with Crippen molar-refractivity contribution in [2.75, 3.05) is 5.75 Å². The summed E-state index contributed by atoms with van der Waals surface area (Å²) in [6.45, 7) is 8.87. The van der Waals surface area contributed by atoms with Gasteiger partial charge < -0.3 is 0 Å². The normalized spacial score (nSPS) is 30.9. The maximum Gasteiger partial charge on any atom is 0.0651 e. The van der Waals surface area contributed by atoms with E-state index in [0.29, 0.717) is 0 Å². The summed E-state index contributed by atoms with van der Waals surface area (Å²) in [7, 11) is 0. The van der Waals surface area contributed by atoms with Crippen molar-refractivity contribution in [1.82, 2.24) is 0 Å². The van der Waals surface area contributed by atoms with Gasteiger partial charge in [0.25, 0.3) is 0 Å². The molecule has 0 N–H and O–H groups in total. The van der Waals surface area contributed by atoms with E-state index < -0.39 is 0 Å². The highest BCUT2D eigenvalue weighted by Gasteiger charge is 2.23. The van der Waals surface area contributed by atoms with Crippen molar-refractivity contribution < 1.29 is 0 Å². The molecule has 1 atom stereocenters. The molecule has 1 nitrogen and oxygen atoms in total. The lowest BCUT2D eigenvalue weighted by molar-refractivity contribution is 0.410. The van der Waals surface area contributed by atoms with Gasteiger partial charge in [-0.3, -0.25) is 4.99 Å². The lowest BCUT2D eigenvalue weighted by Crippen LogP contribution is -2.19. The molecule has 0 aliphatic carbocycles. The molecule has 1 heterocycles. The first kappa shape index (κ1) is 9.11. The molecule has 0 saturated heterocycles. The number of hydrogen-bond donors (Lipinski definition) is 0. The third kappa shape index (κ3) is 2.86. The Morgan fingerprint density at radius 1 is 1.55 bits per heavy atom. The Hall–Kier alpha value is 0.0200. The fourth-order valence-electron chi connectivity index (χ4n) is 1.68. The van der Waals surface area contributed by atoms with Crippen molar-refractivity contribution >= 4 is 16.8 Å². The van der Waals surface area contributed by atoms with E-state index in [9.17, 15) is 0 Å². The summed E-state index contributed by atoms with van der Waals surface area (Å²) in [5, 5.41) is 1.25. The fraction of sp³-hybridized carbons (Fsp3) is 0.889. The van der Waals surface area contributed by atoms with Gasteiger partial charge in [0, 0.05) is 5.75 Å². The highest BCUT2D eigenvalue weighted by molar-refractivity contribution is 8.13. The average molecular weight is 171 g/mol. The largest absolute Gasteiger partial charge is 0.277 e. The molecule has 0 spiro atoms. The number of rotatable bonds is 0. The molecule has 1 aliphatic heterocycles. The maximum absolute atomic E-state index is 4.64. The lowest BCUT2D eigenvalue weighted by Gasteiger charge is -2.20. The quantitative estimate of drug-likeness (QED) is 0.546. The Morgan fingerprint density at radius 2 is 2.18 bits per heavy atom. The highest BCUT2D eigenvalue weighted by atomic mass is 32.2. The Bertz CT molecular complexity index is 172. The molecule has 0 aromatic carbocycles. The SMILES string of the molecule is CC1=NC(C)(C)CC(C)CS1. The number of hydrogen-bond acceptors (Lipinski definition) is 2. The Kier molecular flexibility index (Phi) is 2.63. The summed E-state index contributed by atoms with van der Waals surface area (Å²) in [5.41, 5.74) is 0.174. The van der Waals surface area contributed by atoms with E-state index in [2.05, 4.69) is 32.7 Å². The van der Waals surface area contributed by atoms with Crippen LogP contribution >= 0.6 is 11.8 Å². The Labute approximate surface area is 73.7 Å². The molecule has 1 unspecified atom stereocenters. The second-order valence-electron chi connectivity index (χ2n) is 4.06. The van der Waals surface area contributed by atoms with Crippen LogP contribution in [-0.4, -0.2) is 16.3 Å². The molecule has 1 aliphatic rings. The van der Waals surface area contributed by atoms with Gasteiger partial charge >= 0.3 is 0 Å². The molecule has 0 aromatic heterocycles. The zero-order valence-electron chi connectivity index (χ0n) is 7.85. The molecular formula is C9H17NS. The van der Waals surface area contributed by atoms with Crippen LogP contribution in [0.25, 0.3) is 0 Å². The van der Waals surface area contributed by atoms with Gasteiger partial charge in [-0.25, -0.2) is 0 Å². The predicted molar refractivity (Wildman–Crippen MR) is 53.4 cm³/mol. The third-order valence-corrected chi connectivity index (χ3v) is 3.13. The fourth-order valence-corrected chi connectivity index (χ4v) is 2.63. The molecule has 0 fully saturated rings. The second-order valence-corrected chi connectivity index (χ2v) is 5.28. The van der Waals surface area contributed by atoms with Gasteiger partial charge in [-0.1, -0.05) is 6.92 Å². The van der Waals surface area contributed by atoms with Crippen LogP contribution in [0.4, 0.5) is 0 Å². The van der Waals surface area contributed by atoms with E-state index in [-0.39, 0.29) is 5.54 Å². The van der Waals surface area contributed by atoms with Crippen molar-refractivity contribution in [3.63, 3.8) is 0 Å². The first-order valence-electron chi connectivity index (χ1n) is 4.19. The molecular weight excluding hydrogens is 154 g/mol. The molecule has 1 rings (SSSR count). The highest BCUT2D eigenvalue weighted by Crippen LogP contribution is 2.28. The molecule has 0 aromatic rings. The zero-order valence-corrected chi connectivity index (χ0v) is 8.66. The summed E-state index contributed by atoms with van der Waals surface area (Å²) < 4.78 is 0. The summed E-state index contributed by atoms with van der Waals surface area (Å²) >= 11 is 1.90. The summed E-state index contributed by atoms with van der Waals surface area (Å²) in [6.07, 6.45) is 1.22. The minimum atomic E-state index is 0.174. The van der Waals surface area contributed by atoms with Gasteiger partial charge in [0.15, 0.2) is 0 Å². The van der Waals surface area contributed by atoms with E-state index in [4.69, 9.17) is 0 Å². The van der Waals surface area contributed by atoms with Crippen LogP contribution in [0.2, 0.25) is 0 Å². The van der Waals surface area contributed by atoms with E-state index in [0.717, 1.165) is 5.92 Å². The first-order valence-corrected chi connectivity index (χ1v) is 5.17. The number of thioether (sulfide) groups is 1. The van der Waals surface area contributed by atoms with E-state index in [1.54, 1.807) is 0 Å². The van der Waals surface area contributed by atoms with Gasteiger partial charge in [-0.05, 0) is 33.1 Å². The van der Waals surface area contributed by atoms with Crippen LogP contribution in [-0.2, 0) is 0 Å².